The molecule has 0 spiro atoms. The zero-order chi connectivity index (χ0) is 37.3. The van der Waals surface area contributed by atoms with Crippen molar-refractivity contribution < 1.29 is 0 Å². The minimum absolute atomic E-state index is 0.488. The number of allylic oxidation sites excluding steroid dienone is 1. The molecule has 0 amide bonds. The van der Waals surface area contributed by atoms with Gasteiger partial charge in [0, 0.05) is 22.6 Å². The van der Waals surface area contributed by atoms with E-state index in [4.69, 9.17) is 9.98 Å². The molecule has 9 unspecified atom stereocenters. The van der Waals surface area contributed by atoms with Gasteiger partial charge in [-0.25, -0.2) is 4.99 Å². The second-order valence-electron chi connectivity index (χ2n) is 18.8. The summed E-state index contributed by atoms with van der Waals surface area (Å²) in [4.78, 5) is 10.9. The monoisotopic (exact) mass is 720 g/mol. The van der Waals surface area contributed by atoms with Gasteiger partial charge in [0.25, 0.3) is 0 Å². The van der Waals surface area contributed by atoms with Crippen LogP contribution in [0.4, 0.5) is 0 Å². The van der Waals surface area contributed by atoms with Crippen molar-refractivity contribution in [1.29, 1.82) is 0 Å². The van der Waals surface area contributed by atoms with Gasteiger partial charge in [-0.05, 0) is 170 Å². The van der Waals surface area contributed by atoms with Crippen molar-refractivity contribution in [3.05, 3.63) is 90.7 Å². The minimum Gasteiger partial charge on any atom is -0.405 e. The maximum absolute atomic E-state index is 5.02. The average molecular weight is 720 g/mol. The van der Waals surface area contributed by atoms with Crippen LogP contribution in [0.25, 0.3) is 0 Å². The summed E-state index contributed by atoms with van der Waals surface area (Å²) in [5, 5.41) is 0. The fourth-order valence-electron chi connectivity index (χ4n) is 13.6. The van der Waals surface area contributed by atoms with Crippen LogP contribution in [0.15, 0.2) is 88.8 Å². The van der Waals surface area contributed by atoms with Gasteiger partial charge in [0.2, 0.25) is 0 Å². The highest BCUT2D eigenvalue weighted by Gasteiger charge is 2.65. The molecule has 0 bridgehead atoms. The lowest BCUT2D eigenvalue weighted by Gasteiger charge is -2.69. The van der Waals surface area contributed by atoms with Gasteiger partial charge in [0.05, 0.1) is 6.54 Å². The van der Waals surface area contributed by atoms with E-state index in [-0.39, 0.29) is 0 Å². The van der Waals surface area contributed by atoms with E-state index in [9.17, 15) is 0 Å². The number of fused-ring (bicyclic) bond motifs is 7. The van der Waals surface area contributed by atoms with Gasteiger partial charge < -0.3 is 5.73 Å². The summed E-state index contributed by atoms with van der Waals surface area (Å²) in [6, 6.07) is 17.8. The molecular formula is C48H69N3S. The third-order valence-electron chi connectivity index (χ3n) is 16.0. The Bertz CT molecular complexity index is 1630. The Labute approximate surface area is 323 Å². The first-order valence-corrected chi connectivity index (χ1v) is 21.2. The number of benzene rings is 2. The normalized spacial score (nSPS) is 36.8. The first kappa shape index (κ1) is 39.1. The number of hydrogen-bond donors (Lipinski definition) is 2. The molecule has 1 heterocycles. The summed E-state index contributed by atoms with van der Waals surface area (Å²) in [6.07, 6.45) is 21.3. The molecule has 5 saturated carbocycles. The van der Waals surface area contributed by atoms with E-state index in [0.717, 1.165) is 52.7 Å². The summed E-state index contributed by atoms with van der Waals surface area (Å²) in [6.45, 7) is 22.5. The third kappa shape index (κ3) is 7.16. The van der Waals surface area contributed by atoms with Crippen LogP contribution in [0.2, 0.25) is 0 Å². The first-order chi connectivity index (χ1) is 24.8. The van der Waals surface area contributed by atoms with Crippen LogP contribution >= 0.6 is 12.6 Å². The van der Waals surface area contributed by atoms with Gasteiger partial charge in [0.1, 0.15) is 0 Å². The Morgan fingerprint density at radius 3 is 2.27 bits per heavy atom. The number of rotatable bonds is 5. The second kappa shape index (κ2) is 15.6. The lowest BCUT2D eigenvalue weighted by Crippen LogP contribution is -2.62. The molecule has 1 aliphatic heterocycles. The predicted octanol–water partition coefficient (Wildman–Crippen LogP) is 12.3. The Hall–Kier alpha value is -2.59. The van der Waals surface area contributed by atoms with Crippen LogP contribution in [0.5, 0.6) is 0 Å². The van der Waals surface area contributed by atoms with Crippen molar-refractivity contribution in [2.45, 2.75) is 130 Å². The molecule has 2 aromatic rings. The smallest absolute Gasteiger partial charge is 0.154 e. The quantitative estimate of drug-likeness (QED) is 0.235. The van der Waals surface area contributed by atoms with Crippen molar-refractivity contribution in [2.24, 2.45) is 72.9 Å². The standard InChI is InChI=1S/C43H58N2S.C3H6.C2H5N/c1-28-17-21-42(5)37(40(28,2)3)19-22-41(4)35-18-23-43(20-7-10-36(43)34(35)15-16-38(41)42)26-30-8-6-9-31(24-30)39-44-27-32(45-39)25-29-11-13-33(46)14-12-29;1-3-2;1-2-3/h6,8-9,11-14,24,28,34-38,46H,7,10,15-23,25-27H2,1-5H3;3H,1H2,2H3;2H,1,3H2. The van der Waals surface area contributed by atoms with Crippen LogP contribution in [0, 0.1) is 57.2 Å². The van der Waals surface area contributed by atoms with Crippen molar-refractivity contribution in [1.82, 2.24) is 0 Å². The Morgan fingerprint density at radius 1 is 0.827 bits per heavy atom. The molecule has 8 rings (SSSR count). The maximum atomic E-state index is 5.02. The Kier molecular flexibility index (Phi) is 11.8. The molecule has 4 heteroatoms. The molecule has 9 atom stereocenters. The number of thiol groups is 1. The number of aliphatic imine (C=N–C) groups is 2. The SMILES string of the molecule is C=CC.C=CN.CC1CCC2(C)C(CCC3(C)C4CCC5(Cc6cccc(C7=NCC(Cc8ccc(S)cc8)=N7)c6)CCCC5C4CCC32)C1(C)C. The van der Waals surface area contributed by atoms with Crippen molar-refractivity contribution >= 4 is 24.2 Å². The predicted molar refractivity (Wildman–Crippen MR) is 226 cm³/mol. The molecule has 0 radical (unpaired) electrons. The molecule has 6 aliphatic rings. The van der Waals surface area contributed by atoms with Crippen molar-refractivity contribution in [3.63, 3.8) is 0 Å². The summed E-state index contributed by atoms with van der Waals surface area (Å²) < 4.78 is 0. The van der Waals surface area contributed by atoms with E-state index in [1.54, 1.807) is 6.08 Å². The fraction of sp³-hybridized carbons (Fsp3) is 0.625. The van der Waals surface area contributed by atoms with E-state index in [2.05, 4.69) is 115 Å². The van der Waals surface area contributed by atoms with Crippen LogP contribution < -0.4 is 5.73 Å². The highest BCUT2D eigenvalue weighted by atomic mass is 32.1. The molecule has 0 aromatic heterocycles. The molecule has 52 heavy (non-hydrogen) atoms. The molecule has 3 nitrogen and oxygen atoms in total. The number of hydrogen-bond acceptors (Lipinski definition) is 4. The van der Waals surface area contributed by atoms with E-state index in [1.807, 2.05) is 6.92 Å². The van der Waals surface area contributed by atoms with Gasteiger partial charge in [-0.3, -0.25) is 4.99 Å². The molecule has 282 valence electrons. The lowest BCUT2D eigenvalue weighted by molar-refractivity contribution is -0.204. The first-order valence-electron chi connectivity index (χ1n) is 20.7. The van der Waals surface area contributed by atoms with E-state index in [1.165, 1.54) is 106 Å². The van der Waals surface area contributed by atoms with Crippen LogP contribution in [-0.2, 0) is 12.8 Å². The molecule has 5 aliphatic carbocycles. The molecule has 2 aromatic carbocycles. The zero-order valence-electron chi connectivity index (χ0n) is 33.5. The van der Waals surface area contributed by atoms with E-state index < -0.39 is 0 Å². The third-order valence-corrected chi connectivity index (χ3v) is 16.3. The van der Waals surface area contributed by atoms with Gasteiger partial charge in [-0.2, -0.15) is 0 Å². The second-order valence-corrected chi connectivity index (χ2v) is 19.4. The van der Waals surface area contributed by atoms with Crippen LogP contribution in [0.1, 0.15) is 129 Å². The summed E-state index contributed by atoms with van der Waals surface area (Å²) >= 11 is 4.44. The molecule has 5 fully saturated rings. The largest absolute Gasteiger partial charge is 0.405 e. The summed E-state index contributed by atoms with van der Waals surface area (Å²) in [7, 11) is 0. The zero-order valence-corrected chi connectivity index (χ0v) is 34.4. The molecule has 2 N–H and O–H groups in total. The van der Waals surface area contributed by atoms with E-state index in [0.29, 0.717) is 28.2 Å². The minimum atomic E-state index is 0.488. The highest BCUT2D eigenvalue weighted by Crippen LogP contribution is 2.73. The fourth-order valence-corrected chi connectivity index (χ4v) is 13.7. The van der Waals surface area contributed by atoms with Crippen molar-refractivity contribution in [2.75, 3.05) is 6.54 Å². The summed E-state index contributed by atoms with van der Waals surface area (Å²) in [5.41, 5.74) is 11.9. The van der Waals surface area contributed by atoms with Crippen LogP contribution in [-0.4, -0.2) is 18.1 Å². The number of amidine groups is 1. The van der Waals surface area contributed by atoms with Gasteiger partial charge in [-0.1, -0.05) is 84.0 Å². The van der Waals surface area contributed by atoms with E-state index >= 15 is 0 Å². The Morgan fingerprint density at radius 2 is 1.54 bits per heavy atom. The number of nitrogens with two attached hydrogens (primary N) is 1. The summed E-state index contributed by atoms with van der Waals surface area (Å²) in [5.74, 6) is 6.43. The maximum Gasteiger partial charge on any atom is 0.154 e. The van der Waals surface area contributed by atoms with Gasteiger partial charge in [-0.15, -0.1) is 19.2 Å². The Balaban J connectivity index is 0.000000726. The lowest BCUT2D eigenvalue weighted by atomic mass is 9.35. The topological polar surface area (TPSA) is 50.7 Å². The van der Waals surface area contributed by atoms with Crippen molar-refractivity contribution in [3.8, 4) is 0 Å². The number of nitrogens with zero attached hydrogens (tertiary/aromatic N) is 2. The van der Waals surface area contributed by atoms with Crippen LogP contribution in [0.3, 0.4) is 0 Å². The molecule has 0 saturated heterocycles. The molecular weight excluding hydrogens is 651 g/mol. The van der Waals surface area contributed by atoms with Gasteiger partial charge >= 0.3 is 0 Å². The highest BCUT2D eigenvalue weighted by molar-refractivity contribution is 7.80. The van der Waals surface area contributed by atoms with Gasteiger partial charge in [0.15, 0.2) is 5.84 Å². The average Bonchev–Trinajstić information content (AvgIpc) is 3.76.